The number of fused-ring (bicyclic) bond motifs is 3. The number of carbonyl (C=O) groups is 3. The second kappa shape index (κ2) is 16.3. The van der Waals surface area contributed by atoms with Crippen LogP contribution in [0.4, 0.5) is 0 Å². The molecule has 0 spiro atoms. The molecule has 3 amide bonds. The average Bonchev–Trinajstić information content (AvgIpc) is 3.05. The van der Waals surface area contributed by atoms with Crippen LogP contribution < -0.4 is 30.2 Å². The molecule has 47 heavy (non-hydrogen) atoms. The Morgan fingerprint density at radius 1 is 0.872 bits per heavy atom. The van der Waals surface area contributed by atoms with E-state index in [1.54, 1.807) is 50.2 Å². The molecule has 2 heterocycles. The Hall–Kier alpha value is -3.92. The van der Waals surface area contributed by atoms with Crippen molar-refractivity contribution in [2.45, 2.75) is 39.3 Å². The number of piperazine rings is 1. The number of benzene rings is 2. The highest BCUT2D eigenvalue weighted by Gasteiger charge is 2.34. The number of ether oxygens (including phenoxy) is 3. The van der Waals surface area contributed by atoms with Gasteiger partial charge in [-0.1, -0.05) is 19.9 Å². The first-order valence-corrected chi connectivity index (χ1v) is 17.1. The van der Waals surface area contributed by atoms with Crippen molar-refractivity contribution in [3.05, 3.63) is 47.5 Å². The summed E-state index contributed by atoms with van der Waals surface area (Å²) in [5.74, 6) is -0.194. The lowest BCUT2D eigenvalue weighted by Crippen LogP contribution is -2.56. The first kappa shape index (κ1) is 35.9. The van der Waals surface area contributed by atoms with Gasteiger partial charge in [0.25, 0.3) is 16.1 Å². The predicted molar refractivity (Wildman–Crippen MR) is 176 cm³/mol. The van der Waals surface area contributed by atoms with E-state index in [9.17, 15) is 22.8 Å². The summed E-state index contributed by atoms with van der Waals surface area (Å²) < 4.78 is 47.3. The minimum atomic E-state index is -3.97. The van der Waals surface area contributed by atoms with E-state index in [2.05, 4.69) is 16.0 Å². The fraction of sp³-hybridized carbons (Fsp3) is 0.531. The Labute approximate surface area is 276 Å². The summed E-state index contributed by atoms with van der Waals surface area (Å²) in [6.45, 7) is 5.25. The van der Waals surface area contributed by atoms with Gasteiger partial charge in [0.15, 0.2) is 11.5 Å². The third-order valence-electron chi connectivity index (χ3n) is 8.22. The van der Waals surface area contributed by atoms with Gasteiger partial charge in [0.05, 0.1) is 32.9 Å². The monoisotopic (exact) mass is 674 g/mol. The molecule has 1 atom stereocenters. The lowest BCUT2D eigenvalue weighted by molar-refractivity contribution is -0.130. The fourth-order valence-electron chi connectivity index (χ4n) is 5.40. The summed E-state index contributed by atoms with van der Waals surface area (Å²) in [6, 6.07) is 9.06. The third-order valence-corrected chi connectivity index (χ3v) is 10.2. The molecule has 2 bridgehead atoms. The van der Waals surface area contributed by atoms with Gasteiger partial charge in [-0.25, -0.2) is 0 Å². The highest BCUT2D eigenvalue weighted by Crippen LogP contribution is 2.37. The Morgan fingerprint density at radius 2 is 1.60 bits per heavy atom. The highest BCUT2D eigenvalue weighted by molar-refractivity contribution is 7.86. The van der Waals surface area contributed by atoms with Crippen molar-refractivity contribution in [1.82, 2.24) is 29.5 Å². The van der Waals surface area contributed by atoms with E-state index in [0.29, 0.717) is 67.4 Å². The molecular formula is C32H46N6O8S. The minimum Gasteiger partial charge on any atom is -0.496 e. The zero-order valence-electron chi connectivity index (χ0n) is 27.7. The third kappa shape index (κ3) is 9.12. The predicted octanol–water partition coefficient (Wildman–Crippen LogP) is 1.57. The van der Waals surface area contributed by atoms with Crippen molar-refractivity contribution in [1.29, 1.82) is 0 Å². The van der Waals surface area contributed by atoms with Crippen LogP contribution >= 0.6 is 0 Å². The molecule has 2 aromatic rings. The van der Waals surface area contributed by atoms with Gasteiger partial charge in [-0.3, -0.25) is 14.4 Å². The topological polar surface area (TPSA) is 159 Å². The van der Waals surface area contributed by atoms with E-state index in [1.807, 2.05) is 11.9 Å². The largest absolute Gasteiger partial charge is 0.496 e. The van der Waals surface area contributed by atoms with Crippen LogP contribution in [0, 0.1) is 5.92 Å². The van der Waals surface area contributed by atoms with Crippen LogP contribution in [0.5, 0.6) is 23.0 Å². The Morgan fingerprint density at radius 3 is 2.28 bits per heavy atom. The maximum Gasteiger partial charge on any atom is 0.282 e. The molecule has 0 unspecified atom stereocenters. The maximum atomic E-state index is 13.7. The second-order valence-electron chi connectivity index (χ2n) is 11.9. The molecule has 1 fully saturated rings. The van der Waals surface area contributed by atoms with Gasteiger partial charge >= 0.3 is 0 Å². The zero-order chi connectivity index (χ0) is 34.1. The Bertz CT molecular complexity index is 1530. The van der Waals surface area contributed by atoms with Gasteiger partial charge in [-0.05, 0) is 56.1 Å². The first-order chi connectivity index (χ1) is 22.4. The minimum absolute atomic E-state index is 0.0102. The van der Waals surface area contributed by atoms with E-state index in [-0.39, 0.29) is 37.2 Å². The van der Waals surface area contributed by atoms with Crippen LogP contribution in [-0.2, 0) is 26.3 Å². The lowest BCUT2D eigenvalue weighted by Gasteiger charge is -2.35. The van der Waals surface area contributed by atoms with E-state index in [1.165, 1.54) is 18.5 Å². The number of nitrogens with one attached hydrogen (secondary N) is 3. The first-order valence-electron chi connectivity index (χ1n) is 15.8. The number of likely N-dealkylation sites (N-methyl/N-ethyl adjacent to an activating group) is 1. The van der Waals surface area contributed by atoms with Crippen LogP contribution in [0.15, 0.2) is 36.4 Å². The number of methoxy groups -OCH3 is 2. The quantitative estimate of drug-likeness (QED) is 0.428. The molecule has 0 aliphatic carbocycles. The molecule has 2 aliphatic rings. The molecule has 0 saturated carbocycles. The fourth-order valence-corrected chi connectivity index (χ4v) is 6.99. The summed E-state index contributed by atoms with van der Waals surface area (Å²) in [5.41, 5.74) is 0.858. The van der Waals surface area contributed by atoms with Crippen molar-refractivity contribution in [2.75, 3.05) is 67.1 Å². The Balaban J connectivity index is 1.66. The summed E-state index contributed by atoms with van der Waals surface area (Å²) in [6.07, 6.45) is 0.857. The van der Waals surface area contributed by atoms with Crippen molar-refractivity contribution in [3.8, 4) is 23.0 Å². The molecule has 15 heteroatoms. The van der Waals surface area contributed by atoms with Crippen molar-refractivity contribution in [3.63, 3.8) is 0 Å². The van der Waals surface area contributed by atoms with Crippen LogP contribution in [-0.4, -0.2) is 113 Å². The summed E-state index contributed by atoms with van der Waals surface area (Å²) >= 11 is 0. The van der Waals surface area contributed by atoms with Gasteiger partial charge in [0.2, 0.25) is 11.8 Å². The van der Waals surface area contributed by atoms with Gasteiger partial charge < -0.3 is 35.1 Å². The molecule has 258 valence electrons. The number of rotatable bonds is 5. The molecule has 1 saturated heterocycles. The molecular weight excluding hydrogens is 628 g/mol. The molecule has 3 N–H and O–H groups in total. The molecule has 2 aromatic carbocycles. The lowest BCUT2D eigenvalue weighted by atomic mass is 10.0. The molecule has 0 radical (unpaired) electrons. The van der Waals surface area contributed by atoms with Crippen LogP contribution in [0.25, 0.3) is 0 Å². The number of amides is 3. The van der Waals surface area contributed by atoms with Crippen molar-refractivity contribution >= 4 is 27.9 Å². The molecule has 4 rings (SSSR count). The van der Waals surface area contributed by atoms with Gasteiger partial charge in [-0.2, -0.15) is 17.0 Å². The molecule has 2 aliphatic heterocycles. The zero-order valence-corrected chi connectivity index (χ0v) is 28.5. The van der Waals surface area contributed by atoms with Crippen LogP contribution in [0.3, 0.4) is 0 Å². The highest BCUT2D eigenvalue weighted by atomic mass is 32.2. The SMILES string of the molecule is COc1ccc2cc1Oc1cccc(OC)c1CNC(=O)[C@@H](C(C)C)NC(=O)CN(S(=O)(=O)N1CCN(C)CC1)CCCCNC2=O. The van der Waals surface area contributed by atoms with Crippen LogP contribution in [0.1, 0.15) is 42.6 Å². The summed E-state index contributed by atoms with van der Waals surface area (Å²) in [4.78, 5) is 42.0. The standard InChI is InChI=1S/C32H46N6O8S/c1-22(2)30-32(41)34-20-24-25(44-4)9-8-10-26(24)46-28-19-23(11-12-27(28)45-5)31(40)33-13-6-7-14-38(21-29(39)35-30)47(42,43)37-17-15-36(3)16-18-37/h8-12,19,22,30H,6-7,13-18,20-21H2,1-5H3,(H,33,40)(H,34,41)(H,35,39)/t30-/m1/s1. The average molecular weight is 675 g/mol. The van der Waals surface area contributed by atoms with E-state index in [4.69, 9.17) is 14.2 Å². The maximum absolute atomic E-state index is 13.7. The van der Waals surface area contributed by atoms with Gasteiger partial charge in [0, 0.05) is 44.8 Å². The van der Waals surface area contributed by atoms with Crippen LogP contribution in [0.2, 0.25) is 0 Å². The Kier molecular flexibility index (Phi) is 12.4. The smallest absolute Gasteiger partial charge is 0.282 e. The summed E-state index contributed by atoms with van der Waals surface area (Å²) in [5, 5.41) is 8.51. The van der Waals surface area contributed by atoms with Crippen molar-refractivity contribution < 1.29 is 37.0 Å². The number of nitrogens with zero attached hydrogens (tertiary/aromatic N) is 3. The van der Waals surface area contributed by atoms with E-state index >= 15 is 0 Å². The molecule has 14 nitrogen and oxygen atoms in total. The number of carbonyl (C=O) groups excluding carboxylic acids is 3. The van der Waals surface area contributed by atoms with E-state index < -0.39 is 34.6 Å². The van der Waals surface area contributed by atoms with Gasteiger partial charge in [-0.15, -0.1) is 0 Å². The van der Waals surface area contributed by atoms with Gasteiger partial charge in [0.1, 0.15) is 17.5 Å². The summed E-state index contributed by atoms with van der Waals surface area (Å²) in [7, 11) is 0.947. The van der Waals surface area contributed by atoms with Crippen molar-refractivity contribution in [2.24, 2.45) is 5.92 Å². The molecule has 0 aromatic heterocycles. The second-order valence-corrected chi connectivity index (χ2v) is 13.8. The normalized spacial score (nSPS) is 20.3. The number of hydrogen-bond donors (Lipinski definition) is 3. The van der Waals surface area contributed by atoms with E-state index in [0.717, 1.165) is 4.31 Å². The number of hydrogen-bond acceptors (Lipinski definition) is 9.